The zero-order valence-corrected chi connectivity index (χ0v) is 12.5. The highest BCUT2D eigenvalue weighted by Crippen LogP contribution is 2.22. The first-order valence-electron chi connectivity index (χ1n) is 6.68. The molecule has 0 heterocycles. The summed E-state index contributed by atoms with van der Waals surface area (Å²) in [6.45, 7) is 6.79. The molecule has 0 aromatic heterocycles. The summed E-state index contributed by atoms with van der Waals surface area (Å²) in [6, 6.07) is 8.05. The standard InChI is InChI=1S/C15H26N2O2/c1-5-19-12-15(2,11-16)17(3)10-13-8-6-7-9-14(13)18-4/h6-9H,5,10-12,16H2,1-4H3. The van der Waals surface area contributed by atoms with Crippen molar-refractivity contribution in [2.75, 3.05) is 33.9 Å². The number of likely N-dealkylation sites (N-methyl/N-ethyl adjacent to an activating group) is 1. The van der Waals surface area contributed by atoms with Crippen LogP contribution in [0.15, 0.2) is 24.3 Å². The van der Waals surface area contributed by atoms with Gasteiger partial charge in [0.2, 0.25) is 0 Å². The van der Waals surface area contributed by atoms with Crippen LogP contribution in [0.2, 0.25) is 0 Å². The molecular formula is C15H26N2O2. The van der Waals surface area contributed by atoms with Gasteiger partial charge in [-0.25, -0.2) is 0 Å². The Morgan fingerprint density at radius 2 is 2.00 bits per heavy atom. The van der Waals surface area contributed by atoms with Gasteiger partial charge < -0.3 is 15.2 Å². The molecule has 1 atom stereocenters. The first-order valence-corrected chi connectivity index (χ1v) is 6.68. The van der Waals surface area contributed by atoms with Crippen LogP contribution in [0.1, 0.15) is 19.4 Å². The number of para-hydroxylation sites is 1. The van der Waals surface area contributed by atoms with Crippen LogP contribution in [0.3, 0.4) is 0 Å². The van der Waals surface area contributed by atoms with Gasteiger partial charge in [-0.15, -0.1) is 0 Å². The fourth-order valence-corrected chi connectivity index (χ4v) is 1.93. The van der Waals surface area contributed by atoms with Gasteiger partial charge >= 0.3 is 0 Å². The molecule has 1 rings (SSSR count). The van der Waals surface area contributed by atoms with Crippen LogP contribution in [0.4, 0.5) is 0 Å². The molecule has 1 aromatic carbocycles. The van der Waals surface area contributed by atoms with E-state index in [4.69, 9.17) is 15.2 Å². The molecular weight excluding hydrogens is 240 g/mol. The molecule has 2 N–H and O–H groups in total. The number of rotatable bonds is 8. The van der Waals surface area contributed by atoms with Gasteiger partial charge in [-0.2, -0.15) is 0 Å². The van der Waals surface area contributed by atoms with Crippen LogP contribution in [0, 0.1) is 0 Å². The first kappa shape index (κ1) is 16.0. The Kier molecular flexibility index (Phi) is 6.28. The molecule has 0 saturated heterocycles. The number of nitrogens with zero attached hydrogens (tertiary/aromatic N) is 1. The minimum atomic E-state index is -0.170. The SMILES string of the molecule is CCOCC(C)(CN)N(C)Cc1ccccc1OC. The topological polar surface area (TPSA) is 47.7 Å². The van der Waals surface area contributed by atoms with Crippen molar-refractivity contribution in [3.63, 3.8) is 0 Å². The van der Waals surface area contributed by atoms with E-state index in [9.17, 15) is 0 Å². The minimum absolute atomic E-state index is 0.170. The third-order valence-corrected chi connectivity index (χ3v) is 3.58. The van der Waals surface area contributed by atoms with Crippen molar-refractivity contribution in [1.29, 1.82) is 0 Å². The Bertz CT molecular complexity index is 384. The van der Waals surface area contributed by atoms with E-state index in [0.717, 1.165) is 17.9 Å². The average molecular weight is 266 g/mol. The van der Waals surface area contributed by atoms with E-state index in [1.807, 2.05) is 25.1 Å². The van der Waals surface area contributed by atoms with Gasteiger partial charge in [0.1, 0.15) is 5.75 Å². The van der Waals surface area contributed by atoms with Crippen LogP contribution in [0.5, 0.6) is 5.75 Å². The lowest BCUT2D eigenvalue weighted by atomic mass is 10.0. The molecule has 0 amide bonds. The highest BCUT2D eigenvalue weighted by Gasteiger charge is 2.28. The van der Waals surface area contributed by atoms with Crippen LogP contribution in [0.25, 0.3) is 0 Å². The van der Waals surface area contributed by atoms with Crippen molar-refractivity contribution < 1.29 is 9.47 Å². The molecule has 4 nitrogen and oxygen atoms in total. The lowest BCUT2D eigenvalue weighted by Gasteiger charge is -2.38. The highest BCUT2D eigenvalue weighted by molar-refractivity contribution is 5.33. The summed E-state index contributed by atoms with van der Waals surface area (Å²) in [5, 5.41) is 0. The third kappa shape index (κ3) is 4.20. The Morgan fingerprint density at radius 3 is 2.58 bits per heavy atom. The van der Waals surface area contributed by atoms with Crippen molar-refractivity contribution in [2.24, 2.45) is 5.73 Å². The van der Waals surface area contributed by atoms with Crippen molar-refractivity contribution in [1.82, 2.24) is 4.90 Å². The Morgan fingerprint density at radius 1 is 1.32 bits per heavy atom. The molecule has 0 radical (unpaired) electrons. The molecule has 0 aliphatic heterocycles. The van der Waals surface area contributed by atoms with Crippen LogP contribution in [-0.2, 0) is 11.3 Å². The van der Waals surface area contributed by atoms with E-state index in [-0.39, 0.29) is 5.54 Å². The molecule has 0 bridgehead atoms. The van der Waals surface area contributed by atoms with Gasteiger partial charge in [0.25, 0.3) is 0 Å². The van der Waals surface area contributed by atoms with E-state index in [1.54, 1.807) is 7.11 Å². The second-order valence-corrected chi connectivity index (χ2v) is 5.01. The molecule has 0 spiro atoms. The summed E-state index contributed by atoms with van der Waals surface area (Å²) in [4.78, 5) is 2.22. The molecule has 4 heteroatoms. The van der Waals surface area contributed by atoms with Gasteiger partial charge in [0.05, 0.1) is 19.3 Å². The Labute approximate surface area is 116 Å². The lowest BCUT2D eigenvalue weighted by molar-refractivity contribution is 0.0199. The Hall–Kier alpha value is -1.10. The minimum Gasteiger partial charge on any atom is -0.496 e. The maximum atomic E-state index is 5.92. The predicted molar refractivity (Wildman–Crippen MR) is 78.4 cm³/mol. The van der Waals surface area contributed by atoms with Gasteiger partial charge in [-0.05, 0) is 27.0 Å². The lowest BCUT2D eigenvalue weighted by Crippen LogP contribution is -2.52. The number of nitrogens with two attached hydrogens (primary N) is 1. The number of benzene rings is 1. The maximum absolute atomic E-state index is 5.92. The van der Waals surface area contributed by atoms with Crippen LogP contribution in [-0.4, -0.2) is 44.4 Å². The van der Waals surface area contributed by atoms with Gasteiger partial charge in [0.15, 0.2) is 0 Å². The normalized spacial score (nSPS) is 14.4. The first-order chi connectivity index (χ1) is 9.07. The van der Waals surface area contributed by atoms with E-state index in [0.29, 0.717) is 19.8 Å². The maximum Gasteiger partial charge on any atom is 0.123 e. The van der Waals surface area contributed by atoms with Crippen LogP contribution < -0.4 is 10.5 Å². The summed E-state index contributed by atoms with van der Waals surface area (Å²) >= 11 is 0. The van der Waals surface area contributed by atoms with Crippen LogP contribution >= 0.6 is 0 Å². The molecule has 0 aliphatic carbocycles. The van der Waals surface area contributed by atoms with Crippen molar-refractivity contribution in [3.05, 3.63) is 29.8 Å². The molecule has 19 heavy (non-hydrogen) atoms. The van der Waals surface area contributed by atoms with E-state index in [1.165, 1.54) is 0 Å². The summed E-state index contributed by atoms with van der Waals surface area (Å²) in [5.74, 6) is 0.908. The molecule has 0 aliphatic rings. The van der Waals surface area contributed by atoms with Crippen molar-refractivity contribution in [3.8, 4) is 5.75 Å². The largest absolute Gasteiger partial charge is 0.496 e. The van der Waals surface area contributed by atoms with Gasteiger partial charge in [-0.1, -0.05) is 18.2 Å². The fraction of sp³-hybridized carbons (Fsp3) is 0.600. The molecule has 1 unspecified atom stereocenters. The summed E-state index contributed by atoms with van der Waals surface area (Å²) in [7, 11) is 3.76. The summed E-state index contributed by atoms with van der Waals surface area (Å²) in [5.41, 5.74) is 6.91. The third-order valence-electron chi connectivity index (χ3n) is 3.58. The smallest absolute Gasteiger partial charge is 0.123 e. The fourth-order valence-electron chi connectivity index (χ4n) is 1.93. The van der Waals surface area contributed by atoms with Gasteiger partial charge in [-0.3, -0.25) is 4.90 Å². The van der Waals surface area contributed by atoms with E-state index in [2.05, 4.69) is 24.9 Å². The summed E-state index contributed by atoms with van der Waals surface area (Å²) < 4.78 is 10.9. The zero-order chi connectivity index (χ0) is 14.3. The quantitative estimate of drug-likeness (QED) is 0.780. The van der Waals surface area contributed by atoms with Gasteiger partial charge in [0, 0.05) is 25.3 Å². The second kappa shape index (κ2) is 7.48. The summed E-state index contributed by atoms with van der Waals surface area (Å²) in [6.07, 6.45) is 0. The van der Waals surface area contributed by atoms with E-state index < -0.39 is 0 Å². The zero-order valence-electron chi connectivity index (χ0n) is 12.5. The number of methoxy groups -OCH3 is 1. The van der Waals surface area contributed by atoms with Crippen molar-refractivity contribution in [2.45, 2.75) is 25.9 Å². The molecule has 108 valence electrons. The Balaban J connectivity index is 2.78. The predicted octanol–water partition coefficient (Wildman–Crippen LogP) is 1.88. The highest BCUT2D eigenvalue weighted by atomic mass is 16.5. The molecule has 0 fully saturated rings. The molecule has 0 saturated carbocycles. The number of ether oxygens (including phenoxy) is 2. The second-order valence-electron chi connectivity index (χ2n) is 5.01. The van der Waals surface area contributed by atoms with Crippen molar-refractivity contribution >= 4 is 0 Å². The molecule has 1 aromatic rings. The number of hydrogen-bond acceptors (Lipinski definition) is 4. The monoisotopic (exact) mass is 266 g/mol. The average Bonchev–Trinajstić information content (AvgIpc) is 2.45. The van der Waals surface area contributed by atoms with E-state index >= 15 is 0 Å². The number of hydrogen-bond donors (Lipinski definition) is 1.